The molecular formula is H8B5KO12. The summed E-state index contributed by atoms with van der Waals surface area (Å²) in [4.78, 5) is 0. The molecule has 18 heteroatoms. The van der Waals surface area contributed by atoms with Crippen molar-refractivity contribution in [2.24, 2.45) is 0 Å². The maximum absolute atomic E-state index is 5.07. The first-order valence-corrected chi connectivity index (χ1v) is 3.77. The molecular weight excluding hydrogens is 285 g/mol. The molecule has 0 aromatic heterocycles. The largest absolute Gasteiger partial charge is 1.00 e. The third-order valence-electron chi connectivity index (χ3n) is 2.00. The van der Waals surface area contributed by atoms with Crippen LogP contribution in [-0.4, -0.2) is 58.1 Å². The maximum atomic E-state index is 5.07. The van der Waals surface area contributed by atoms with E-state index in [4.69, 9.17) is 36.6 Å². The van der Waals surface area contributed by atoms with Crippen LogP contribution in [0.4, 0.5) is 0 Å². The third-order valence-corrected chi connectivity index (χ3v) is 2.00. The molecule has 0 unspecified atom stereocenters. The summed E-state index contributed by atoms with van der Waals surface area (Å²) in [5, 5.41) is 0. The van der Waals surface area contributed by atoms with Gasteiger partial charge in [0.15, 0.2) is 0 Å². The minimum atomic E-state index is -2.27. The van der Waals surface area contributed by atoms with Crippen LogP contribution < -0.4 is 51.4 Å². The third kappa shape index (κ3) is 3.38. The average Bonchev–Trinajstić information content (AvgIpc) is 1.99. The van der Waals surface area contributed by atoms with Crippen molar-refractivity contribution in [3.63, 3.8) is 0 Å². The van der Waals surface area contributed by atoms with Crippen LogP contribution in [0.1, 0.15) is 0 Å². The molecule has 0 radical (unpaired) electrons. The molecule has 6 aliphatic rings. The Kier molecular flexibility index (Phi) is 9.05. The quantitative estimate of drug-likeness (QED) is 0.391. The topological polar surface area (TPSA) is 200 Å². The molecule has 0 aromatic rings. The molecule has 96 valence electrons. The summed E-state index contributed by atoms with van der Waals surface area (Å²) >= 11 is 0. The molecule has 0 aliphatic carbocycles. The Labute approximate surface area is 145 Å². The van der Waals surface area contributed by atoms with Crippen LogP contribution in [0, 0.1) is 0 Å². The second-order valence-electron chi connectivity index (χ2n) is 2.82. The molecule has 6 saturated heterocycles. The van der Waals surface area contributed by atoms with Crippen molar-refractivity contribution < 1.29 is 110 Å². The van der Waals surface area contributed by atoms with E-state index in [0.29, 0.717) is 0 Å². The van der Waals surface area contributed by atoms with Gasteiger partial charge in [0.25, 0.3) is 0 Å². The summed E-state index contributed by atoms with van der Waals surface area (Å²) in [6.45, 7) is -2.27. The Balaban J connectivity index is 0. The van der Waals surface area contributed by atoms with E-state index in [-0.39, 0.29) is 73.3 Å². The number of rotatable bonds is 0. The summed E-state index contributed by atoms with van der Waals surface area (Å²) in [5.41, 5.74) is 0. The molecule has 12 nitrogen and oxygen atoms in total. The number of hydrogen-bond donors (Lipinski definition) is 0. The fraction of sp³-hybridized carbons (Fsp3) is 0. The second kappa shape index (κ2) is 7.48. The standard InChI is InChI=1S/B5O8.K.4H2O/c6-1-7-2(6)11-5(10-1)12-3-8-4(9-3)13-5;;;;;/h;;4*1H2/q-1;+1;;;;. The monoisotopic (exact) mass is 294 g/mol. The van der Waals surface area contributed by atoms with E-state index in [1.165, 1.54) is 0 Å². The molecule has 0 aromatic carbocycles. The summed E-state index contributed by atoms with van der Waals surface area (Å²) in [6.07, 6.45) is 0. The molecule has 4 bridgehead atoms. The Bertz CT molecular complexity index is 201. The zero-order chi connectivity index (χ0) is 8.47. The minimum Gasteiger partial charge on any atom is -0.540 e. The minimum absolute atomic E-state index is 0. The van der Waals surface area contributed by atoms with Crippen LogP contribution in [0.15, 0.2) is 0 Å². The van der Waals surface area contributed by atoms with Crippen molar-refractivity contribution in [2.45, 2.75) is 0 Å². The summed E-state index contributed by atoms with van der Waals surface area (Å²) < 4.78 is 39.7. The van der Waals surface area contributed by atoms with Crippen molar-refractivity contribution >= 4 is 36.2 Å². The van der Waals surface area contributed by atoms with E-state index in [0.717, 1.165) is 0 Å². The fourth-order valence-corrected chi connectivity index (χ4v) is 1.38. The Morgan fingerprint density at radius 3 is 0.944 bits per heavy atom. The van der Waals surface area contributed by atoms with Crippen molar-refractivity contribution in [3.8, 4) is 0 Å². The van der Waals surface area contributed by atoms with Crippen LogP contribution in [0.25, 0.3) is 0 Å². The van der Waals surface area contributed by atoms with Crippen LogP contribution in [0.2, 0.25) is 0 Å². The van der Waals surface area contributed by atoms with Gasteiger partial charge in [-0.05, 0) is 0 Å². The van der Waals surface area contributed by atoms with Gasteiger partial charge in [0, 0.05) is 0 Å². The summed E-state index contributed by atoms with van der Waals surface area (Å²) in [7, 11) is -3.13. The molecule has 6 rings (SSSR count). The van der Waals surface area contributed by atoms with Crippen molar-refractivity contribution in [1.82, 2.24) is 0 Å². The molecule has 18 heavy (non-hydrogen) atoms. The van der Waals surface area contributed by atoms with Crippen molar-refractivity contribution in [2.75, 3.05) is 0 Å². The molecule has 0 amide bonds. The van der Waals surface area contributed by atoms with E-state index in [1.54, 1.807) is 0 Å². The first-order valence-electron chi connectivity index (χ1n) is 3.77. The van der Waals surface area contributed by atoms with E-state index in [2.05, 4.69) is 0 Å². The Morgan fingerprint density at radius 2 is 0.722 bits per heavy atom. The maximum Gasteiger partial charge on any atom is 1.00 e. The van der Waals surface area contributed by atoms with Gasteiger partial charge in [-0.3, -0.25) is 0 Å². The van der Waals surface area contributed by atoms with E-state index in [1.807, 2.05) is 0 Å². The van der Waals surface area contributed by atoms with Crippen LogP contribution in [-0.2, 0) is 36.6 Å². The molecule has 8 N–H and O–H groups in total. The summed E-state index contributed by atoms with van der Waals surface area (Å²) in [5.74, 6) is 0. The van der Waals surface area contributed by atoms with Gasteiger partial charge in [-0.1, -0.05) is 0 Å². The number of hydrogen-bond acceptors (Lipinski definition) is 8. The molecule has 6 aliphatic heterocycles. The zero-order valence-electron chi connectivity index (χ0n) is 9.15. The van der Waals surface area contributed by atoms with E-state index < -0.39 is 36.2 Å². The SMILES string of the molecule is O.O.O.O.O1B2OB1O[B-]1(O2)OB2OB(O2)O1.[K+]. The first-order chi connectivity index (χ1) is 6.31. The van der Waals surface area contributed by atoms with Gasteiger partial charge in [0.1, 0.15) is 0 Å². The smallest absolute Gasteiger partial charge is 0.540 e. The van der Waals surface area contributed by atoms with E-state index in [9.17, 15) is 0 Å². The Morgan fingerprint density at radius 1 is 0.500 bits per heavy atom. The van der Waals surface area contributed by atoms with Gasteiger partial charge in [-0.15, -0.1) is 0 Å². The van der Waals surface area contributed by atoms with Gasteiger partial charge >= 0.3 is 87.6 Å². The van der Waals surface area contributed by atoms with Crippen molar-refractivity contribution in [3.05, 3.63) is 0 Å². The fourth-order valence-electron chi connectivity index (χ4n) is 1.38. The van der Waals surface area contributed by atoms with Crippen molar-refractivity contribution in [1.29, 1.82) is 0 Å². The first kappa shape index (κ1) is 21.8. The van der Waals surface area contributed by atoms with Gasteiger partial charge in [-0.2, -0.15) is 0 Å². The normalized spacial score (nSPS) is 24.0. The van der Waals surface area contributed by atoms with Gasteiger partial charge in [-0.25, -0.2) is 0 Å². The van der Waals surface area contributed by atoms with Gasteiger partial charge in [0.05, 0.1) is 0 Å². The van der Waals surface area contributed by atoms with Crippen LogP contribution in [0.5, 0.6) is 0 Å². The molecule has 6 fully saturated rings. The molecule has 6 heterocycles. The predicted molar refractivity (Wildman–Crippen MR) is 51.9 cm³/mol. The zero-order valence-corrected chi connectivity index (χ0v) is 12.3. The second-order valence-corrected chi connectivity index (χ2v) is 2.82. The van der Waals surface area contributed by atoms with Crippen LogP contribution >= 0.6 is 0 Å². The average molecular weight is 293 g/mol. The van der Waals surface area contributed by atoms with Gasteiger partial charge in [0.2, 0.25) is 0 Å². The summed E-state index contributed by atoms with van der Waals surface area (Å²) in [6, 6.07) is 0. The van der Waals surface area contributed by atoms with Crippen LogP contribution in [0.3, 0.4) is 0 Å². The predicted octanol–water partition coefficient (Wildman–Crippen LogP) is -8.75. The molecule has 1 spiro atoms. The van der Waals surface area contributed by atoms with E-state index >= 15 is 0 Å². The Hall–Kier alpha value is 1.48. The molecule has 0 atom stereocenters. The molecule has 0 saturated carbocycles. The van der Waals surface area contributed by atoms with Gasteiger partial charge < -0.3 is 58.5 Å².